The van der Waals surface area contributed by atoms with Crippen molar-refractivity contribution in [3.63, 3.8) is 0 Å². The molecule has 0 aliphatic rings. The number of anilines is 1. The lowest BCUT2D eigenvalue weighted by atomic mass is 10.2. The number of fused-ring (bicyclic) bond motifs is 1. The maximum Gasteiger partial charge on any atom is 0.146 e. The molecule has 90 valence electrons. The zero-order valence-corrected chi connectivity index (χ0v) is 9.87. The molecule has 0 fully saturated rings. The van der Waals surface area contributed by atoms with Crippen molar-refractivity contribution in [3.05, 3.63) is 47.8 Å². The molecule has 3 rings (SSSR count). The minimum absolute atomic E-state index is 0.129. The maximum atomic E-state index is 13.1. The normalized spacial score (nSPS) is 11.0. The first-order valence-corrected chi connectivity index (χ1v) is 5.66. The van der Waals surface area contributed by atoms with Gasteiger partial charge < -0.3 is 10.7 Å². The highest BCUT2D eigenvalue weighted by Crippen LogP contribution is 2.24. The monoisotopic (exact) mass is 241 g/mol. The fraction of sp³-hybridized carbons (Fsp3) is 0.0714. The van der Waals surface area contributed by atoms with Crippen LogP contribution in [-0.2, 0) is 0 Å². The number of halogens is 1. The molecule has 4 heteroatoms. The summed E-state index contributed by atoms with van der Waals surface area (Å²) in [4.78, 5) is 7.73. The average molecular weight is 241 g/mol. The summed E-state index contributed by atoms with van der Waals surface area (Å²) in [6.45, 7) is 2.01. The van der Waals surface area contributed by atoms with E-state index < -0.39 is 5.82 Å². The third-order valence-electron chi connectivity index (χ3n) is 2.98. The molecular formula is C14H12FN3. The number of nitrogens with zero attached hydrogens (tertiary/aromatic N) is 1. The number of H-pyrrole nitrogens is 1. The van der Waals surface area contributed by atoms with Crippen LogP contribution in [0.2, 0.25) is 0 Å². The second kappa shape index (κ2) is 3.84. The van der Waals surface area contributed by atoms with Gasteiger partial charge in [-0.25, -0.2) is 9.37 Å². The third-order valence-corrected chi connectivity index (χ3v) is 2.98. The predicted octanol–water partition coefficient (Wildman–Crippen LogP) is 3.26. The van der Waals surface area contributed by atoms with Crippen molar-refractivity contribution in [2.75, 3.05) is 5.73 Å². The number of hydrogen-bond acceptors (Lipinski definition) is 2. The minimum Gasteiger partial charge on any atom is -0.396 e. The summed E-state index contributed by atoms with van der Waals surface area (Å²) in [5.41, 5.74) is 9.47. The second-order valence-electron chi connectivity index (χ2n) is 4.29. The lowest BCUT2D eigenvalue weighted by molar-refractivity contribution is 0.632. The molecule has 0 spiro atoms. The quantitative estimate of drug-likeness (QED) is 0.642. The molecule has 0 atom stereocenters. The Morgan fingerprint density at radius 2 is 2.06 bits per heavy atom. The highest BCUT2D eigenvalue weighted by molar-refractivity contribution is 5.82. The molecule has 3 nitrogen and oxygen atoms in total. The Hall–Kier alpha value is -2.36. The van der Waals surface area contributed by atoms with Crippen molar-refractivity contribution in [1.82, 2.24) is 9.97 Å². The molecule has 1 aromatic heterocycles. The second-order valence-corrected chi connectivity index (χ2v) is 4.29. The van der Waals surface area contributed by atoms with Gasteiger partial charge in [-0.2, -0.15) is 0 Å². The topological polar surface area (TPSA) is 54.7 Å². The van der Waals surface area contributed by atoms with Crippen LogP contribution in [0.1, 0.15) is 5.56 Å². The zero-order valence-electron chi connectivity index (χ0n) is 9.87. The van der Waals surface area contributed by atoms with Crippen molar-refractivity contribution in [3.8, 4) is 11.4 Å². The highest BCUT2D eigenvalue weighted by Gasteiger charge is 2.08. The van der Waals surface area contributed by atoms with Crippen LogP contribution in [-0.4, -0.2) is 9.97 Å². The summed E-state index contributed by atoms with van der Waals surface area (Å²) < 4.78 is 13.1. The number of para-hydroxylation sites is 1. The van der Waals surface area contributed by atoms with E-state index in [0.717, 1.165) is 22.2 Å². The van der Waals surface area contributed by atoms with E-state index in [0.29, 0.717) is 5.82 Å². The number of benzene rings is 2. The van der Waals surface area contributed by atoms with E-state index in [4.69, 9.17) is 5.73 Å². The van der Waals surface area contributed by atoms with Crippen LogP contribution in [0, 0.1) is 12.7 Å². The number of nitrogens with one attached hydrogen (secondary N) is 1. The van der Waals surface area contributed by atoms with Crippen molar-refractivity contribution in [2.24, 2.45) is 0 Å². The molecule has 0 unspecified atom stereocenters. The average Bonchev–Trinajstić information content (AvgIpc) is 2.78. The lowest BCUT2D eigenvalue weighted by Gasteiger charge is -1.99. The summed E-state index contributed by atoms with van der Waals surface area (Å²) in [6.07, 6.45) is 0. The van der Waals surface area contributed by atoms with E-state index in [1.54, 1.807) is 12.1 Å². The fourth-order valence-corrected chi connectivity index (χ4v) is 2.00. The van der Waals surface area contributed by atoms with Crippen LogP contribution in [0.5, 0.6) is 0 Å². The molecule has 0 radical (unpaired) electrons. The number of hydrogen-bond donors (Lipinski definition) is 2. The van der Waals surface area contributed by atoms with Gasteiger partial charge in [0.2, 0.25) is 0 Å². The van der Waals surface area contributed by atoms with Crippen LogP contribution in [0.25, 0.3) is 22.4 Å². The van der Waals surface area contributed by atoms with Crippen LogP contribution in [0.4, 0.5) is 10.1 Å². The summed E-state index contributed by atoms with van der Waals surface area (Å²) in [6, 6.07) is 10.5. The number of rotatable bonds is 1. The van der Waals surface area contributed by atoms with Gasteiger partial charge in [0, 0.05) is 5.56 Å². The van der Waals surface area contributed by atoms with Gasteiger partial charge in [-0.1, -0.05) is 12.1 Å². The van der Waals surface area contributed by atoms with E-state index in [1.807, 2.05) is 25.1 Å². The van der Waals surface area contributed by atoms with Gasteiger partial charge in [0.1, 0.15) is 11.6 Å². The smallest absolute Gasteiger partial charge is 0.146 e. The Morgan fingerprint density at radius 3 is 2.78 bits per heavy atom. The van der Waals surface area contributed by atoms with Gasteiger partial charge in [-0.3, -0.25) is 0 Å². The molecule has 0 aliphatic carbocycles. The lowest BCUT2D eigenvalue weighted by Crippen LogP contribution is -1.91. The van der Waals surface area contributed by atoms with Crippen LogP contribution < -0.4 is 5.73 Å². The number of aryl methyl sites for hydroxylation is 1. The third kappa shape index (κ3) is 1.62. The molecule has 0 amide bonds. The van der Waals surface area contributed by atoms with E-state index in [2.05, 4.69) is 9.97 Å². The number of aromatic nitrogens is 2. The molecule has 0 saturated carbocycles. The van der Waals surface area contributed by atoms with Crippen LogP contribution in [0.15, 0.2) is 36.4 Å². The Balaban J connectivity index is 2.19. The molecule has 0 aliphatic heterocycles. The van der Waals surface area contributed by atoms with E-state index in [9.17, 15) is 4.39 Å². The first-order chi connectivity index (χ1) is 8.65. The zero-order chi connectivity index (χ0) is 12.7. The van der Waals surface area contributed by atoms with Crippen molar-refractivity contribution in [1.29, 1.82) is 0 Å². The number of nitrogens with two attached hydrogens (primary N) is 1. The summed E-state index contributed by atoms with van der Waals surface area (Å²) in [5, 5.41) is 0. The van der Waals surface area contributed by atoms with Crippen molar-refractivity contribution < 1.29 is 4.39 Å². The molecule has 0 bridgehead atoms. The SMILES string of the molecule is Cc1cccc2[nH]c(-c3ccc(F)c(N)c3)nc12. The number of imidazole rings is 1. The highest BCUT2D eigenvalue weighted by atomic mass is 19.1. The van der Waals surface area contributed by atoms with Gasteiger partial charge in [-0.15, -0.1) is 0 Å². The Bertz CT molecular complexity index is 731. The Labute approximate surface area is 103 Å². The first-order valence-electron chi connectivity index (χ1n) is 5.66. The standard InChI is InChI=1S/C14H12FN3/c1-8-3-2-4-12-13(8)18-14(17-12)9-5-6-10(15)11(16)7-9/h2-7H,16H2,1H3,(H,17,18). The summed E-state index contributed by atoms with van der Waals surface area (Å²) in [7, 11) is 0. The molecule has 18 heavy (non-hydrogen) atoms. The minimum atomic E-state index is -0.411. The van der Waals surface area contributed by atoms with Crippen LogP contribution in [0.3, 0.4) is 0 Å². The van der Waals surface area contributed by atoms with Gasteiger partial charge in [0.15, 0.2) is 0 Å². The molecular weight excluding hydrogens is 229 g/mol. The summed E-state index contributed by atoms with van der Waals surface area (Å²) in [5.74, 6) is 0.289. The molecule has 3 N–H and O–H groups in total. The Kier molecular flexibility index (Phi) is 2.30. The number of nitrogen functional groups attached to an aromatic ring is 1. The summed E-state index contributed by atoms with van der Waals surface area (Å²) >= 11 is 0. The first kappa shape index (κ1) is 10.8. The predicted molar refractivity (Wildman–Crippen MR) is 70.6 cm³/mol. The van der Waals surface area contributed by atoms with Gasteiger partial charge in [0.25, 0.3) is 0 Å². The van der Waals surface area contributed by atoms with Gasteiger partial charge >= 0.3 is 0 Å². The van der Waals surface area contributed by atoms with E-state index in [-0.39, 0.29) is 5.69 Å². The van der Waals surface area contributed by atoms with Crippen LogP contribution >= 0.6 is 0 Å². The number of aromatic amines is 1. The molecule has 1 heterocycles. The van der Waals surface area contributed by atoms with Gasteiger partial charge in [0.05, 0.1) is 16.7 Å². The van der Waals surface area contributed by atoms with E-state index >= 15 is 0 Å². The molecule has 0 saturated heterocycles. The van der Waals surface area contributed by atoms with Crippen molar-refractivity contribution in [2.45, 2.75) is 6.92 Å². The van der Waals surface area contributed by atoms with E-state index in [1.165, 1.54) is 6.07 Å². The largest absolute Gasteiger partial charge is 0.396 e. The fourth-order valence-electron chi connectivity index (χ4n) is 2.00. The maximum absolute atomic E-state index is 13.1. The Morgan fingerprint density at radius 1 is 1.22 bits per heavy atom. The van der Waals surface area contributed by atoms with Crippen molar-refractivity contribution >= 4 is 16.7 Å². The molecule has 2 aromatic carbocycles. The molecule has 3 aromatic rings. The van der Waals surface area contributed by atoms with Gasteiger partial charge in [-0.05, 0) is 36.8 Å².